The van der Waals surface area contributed by atoms with Crippen LogP contribution in [0, 0.1) is 11.6 Å². The van der Waals surface area contributed by atoms with Gasteiger partial charge >= 0.3 is 0 Å². The maximum absolute atomic E-state index is 13.4. The minimum absolute atomic E-state index is 0.0520. The SMILES string of the molecule is O=C(Nc1ccc(C(=O)NC2CCN(Cc3ccc(F)c(F)c3)CC2)cc1)c1ccccc1. The monoisotopic (exact) mass is 449 g/mol. The number of nitrogens with zero attached hydrogens (tertiary/aromatic N) is 1. The smallest absolute Gasteiger partial charge is 0.255 e. The van der Waals surface area contributed by atoms with E-state index in [0.717, 1.165) is 37.6 Å². The van der Waals surface area contributed by atoms with Gasteiger partial charge in [-0.3, -0.25) is 14.5 Å². The van der Waals surface area contributed by atoms with E-state index in [4.69, 9.17) is 0 Å². The summed E-state index contributed by atoms with van der Waals surface area (Å²) in [5, 5.41) is 5.88. The van der Waals surface area contributed by atoms with Crippen LogP contribution < -0.4 is 10.6 Å². The van der Waals surface area contributed by atoms with E-state index < -0.39 is 11.6 Å². The lowest BCUT2D eigenvalue weighted by Crippen LogP contribution is -2.44. The molecule has 2 amide bonds. The fourth-order valence-corrected chi connectivity index (χ4v) is 3.90. The van der Waals surface area contributed by atoms with Crippen LogP contribution in [0.3, 0.4) is 0 Å². The molecule has 1 aliphatic rings. The Kier molecular flexibility index (Phi) is 7.10. The van der Waals surface area contributed by atoms with Crippen LogP contribution in [-0.2, 0) is 6.54 Å². The van der Waals surface area contributed by atoms with Crippen molar-refractivity contribution < 1.29 is 18.4 Å². The van der Waals surface area contributed by atoms with E-state index in [1.54, 1.807) is 54.6 Å². The van der Waals surface area contributed by atoms with Crippen LogP contribution in [0.2, 0.25) is 0 Å². The number of nitrogens with one attached hydrogen (secondary N) is 2. The average molecular weight is 450 g/mol. The zero-order chi connectivity index (χ0) is 23.2. The summed E-state index contributed by atoms with van der Waals surface area (Å²) in [5.74, 6) is -2.04. The minimum Gasteiger partial charge on any atom is -0.349 e. The zero-order valence-corrected chi connectivity index (χ0v) is 18.1. The van der Waals surface area contributed by atoms with Crippen molar-refractivity contribution in [1.82, 2.24) is 10.2 Å². The van der Waals surface area contributed by atoms with E-state index in [1.807, 2.05) is 6.07 Å². The molecular weight excluding hydrogens is 424 g/mol. The van der Waals surface area contributed by atoms with Crippen molar-refractivity contribution in [3.8, 4) is 0 Å². The van der Waals surface area contributed by atoms with Crippen molar-refractivity contribution in [2.45, 2.75) is 25.4 Å². The molecule has 5 nitrogen and oxygen atoms in total. The lowest BCUT2D eigenvalue weighted by Gasteiger charge is -2.32. The second kappa shape index (κ2) is 10.4. The molecule has 170 valence electrons. The van der Waals surface area contributed by atoms with Gasteiger partial charge in [-0.15, -0.1) is 0 Å². The number of halogens is 2. The Morgan fingerprint density at radius 2 is 1.48 bits per heavy atom. The summed E-state index contributed by atoms with van der Waals surface area (Å²) in [6.07, 6.45) is 1.56. The van der Waals surface area contributed by atoms with Gasteiger partial charge in [0.15, 0.2) is 11.6 Å². The molecule has 0 bridgehead atoms. The van der Waals surface area contributed by atoms with Crippen LogP contribution in [0.5, 0.6) is 0 Å². The van der Waals surface area contributed by atoms with Gasteiger partial charge in [-0.25, -0.2) is 8.78 Å². The number of carbonyl (C=O) groups excluding carboxylic acids is 2. The minimum atomic E-state index is -0.841. The molecule has 0 aromatic heterocycles. The number of rotatable bonds is 6. The molecule has 1 fully saturated rings. The van der Waals surface area contributed by atoms with Gasteiger partial charge in [0.2, 0.25) is 0 Å². The Hall–Kier alpha value is -3.58. The standard InChI is InChI=1S/C26H25F2N3O2/c27-23-11-6-18(16-24(23)28)17-31-14-12-22(13-15-31)30-26(33)20-7-9-21(10-8-20)29-25(32)19-4-2-1-3-5-19/h1-11,16,22H,12-15,17H2,(H,29,32)(H,30,33). The van der Waals surface area contributed by atoms with Gasteiger partial charge in [-0.2, -0.15) is 0 Å². The van der Waals surface area contributed by atoms with E-state index in [0.29, 0.717) is 23.4 Å². The lowest BCUT2D eigenvalue weighted by atomic mass is 10.0. The molecular formula is C26H25F2N3O2. The number of benzene rings is 3. The molecule has 4 rings (SSSR count). The van der Waals surface area contributed by atoms with Crippen LogP contribution in [0.1, 0.15) is 39.1 Å². The first-order chi connectivity index (χ1) is 16.0. The third-order valence-electron chi connectivity index (χ3n) is 5.75. The molecule has 33 heavy (non-hydrogen) atoms. The Morgan fingerprint density at radius 1 is 0.818 bits per heavy atom. The number of amides is 2. The summed E-state index contributed by atoms with van der Waals surface area (Å²) >= 11 is 0. The zero-order valence-electron chi connectivity index (χ0n) is 18.1. The molecule has 7 heteroatoms. The summed E-state index contributed by atoms with van der Waals surface area (Å²) in [4.78, 5) is 27.0. The van der Waals surface area contributed by atoms with E-state index in [2.05, 4.69) is 15.5 Å². The highest BCUT2D eigenvalue weighted by Crippen LogP contribution is 2.17. The van der Waals surface area contributed by atoms with Gasteiger partial charge in [0.05, 0.1) is 0 Å². The highest BCUT2D eigenvalue weighted by molar-refractivity contribution is 6.04. The van der Waals surface area contributed by atoms with E-state index in [1.165, 1.54) is 6.07 Å². The molecule has 0 unspecified atom stereocenters. The number of likely N-dealkylation sites (tertiary alicyclic amines) is 1. The summed E-state index contributed by atoms with van der Waals surface area (Å²) in [6.45, 7) is 2.07. The fraction of sp³-hybridized carbons (Fsp3) is 0.231. The molecule has 1 saturated heterocycles. The Balaban J connectivity index is 1.25. The summed E-state index contributed by atoms with van der Waals surface area (Å²) in [6, 6.07) is 19.7. The fourth-order valence-electron chi connectivity index (χ4n) is 3.90. The first kappa shape index (κ1) is 22.6. The van der Waals surface area contributed by atoms with Crippen molar-refractivity contribution in [3.05, 3.63) is 101 Å². The highest BCUT2D eigenvalue weighted by atomic mass is 19.2. The molecule has 0 aliphatic carbocycles. The van der Waals surface area contributed by atoms with E-state index in [-0.39, 0.29) is 17.9 Å². The van der Waals surface area contributed by atoms with Gasteiger partial charge in [0, 0.05) is 42.5 Å². The first-order valence-electron chi connectivity index (χ1n) is 10.9. The Morgan fingerprint density at radius 3 is 2.15 bits per heavy atom. The molecule has 2 N–H and O–H groups in total. The molecule has 0 radical (unpaired) electrons. The number of hydrogen-bond donors (Lipinski definition) is 2. The quantitative estimate of drug-likeness (QED) is 0.578. The van der Waals surface area contributed by atoms with Gasteiger partial charge in [-0.05, 0) is 66.9 Å². The molecule has 3 aromatic carbocycles. The van der Waals surface area contributed by atoms with E-state index >= 15 is 0 Å². The largest absolute Gasteiger partial charge is 0.349 e. The molecule has 0 atom stereocenters. The van der Waals surface area contributed by atoms with Crippen molar-refractivity contribution >= 4 is 17.5 Å². The topological polar surface area (TPSA) is 61.4 Å². The van der Waals surface area contributed by atoms with Crippen molar-refractivity contribution in [1.29, 1.82) is 0 Å². The molecule has 1 aliphatic heterocycles. The van der Waals surface area contributed by atoms with Crippen LogP contribution in [0.25, 0.3) is 0 Å². The van der Waals surface area contributed by atoms with Gasteiger partial charge in [0.25, 0.3) is 11.8 Å². The molecule has 0 saturated carbocycles. The van der Waals surface area contributed by atoms with Crippen LogP contribution in [-0.4, -0.2) is 35.8 Å². The molecule has 3 aromatic rings. The number of anilines is 1. The summed E-state index contributed by atoms with van der Waals surface area (Å²) in [7, 11) is 0. The normalized spacial score (nSPS) is 14.6. The summed E-state index contributed by atoms with van der Waals surface area (Å²) in [5.41, 5.74) is 2.44. The number of carbonyl (C=O) groups is 2. The van der Waals surface area contributed by atoms with Gasteiger partial charge in [-0.1, -0.05) is 24.3 Å². The maximum Gasteiger partial charge on any atom is 0.255 e. The van der Waals surface area contributed by atoms with Crippen molar-refractivity contribution in [3.63, 3.8) is 0 Å². The number of hydrogen-bond acceptors (Lipinski definition) is 3. The van der Waals surface area contributed by atoms with Crippen molar-refractivity contribution in [2.75, 3.05) is 18.4 Å². The van der Waals surface area contributed by atoms with Crippen LogP contribution in [0.15, 0.2) is 72.8 Å². The molecule has 0 spiro atoms. The maximum atomic E-state index is 13.4. The van der Waals surface area contributed by atoms with Crippen LogP contribution in [0.4, 0.5) is 14.5 Å². The number of piperidine rings is 1. The van der Waals surface area contributed by atoms with E-state index in [9.17, 15) is 18.4 Å². The first-order valence-corrected chi connectivity index (χ1v) is 10.9. The third-order valence-corrected chi connectivity index (χ3v) is 5.75. The van der Waals surface area contributed by atoms with Gasteiger partial charge < -0.3 is 10.6 Å². The third kappa shape index (κ3) is 6.02. The predicted octanol–water partition coefficient (Wildman–Crippen LogP) is 4.61. The highest BCUT2D eigenvalue weighted by Gasteiger charge is 2.21. The summed E-state index contributed by atoms with van der Waals surface area (Å²) < 4.78 is 26.5. The average Bonchev–Trinajstić information content (AvgIpc) is 2.83. The second-order valence-electron chi connectivity index (χ2n) is 8.17. The lowest BCUT2D eigenvalue weighted by molar-refractivity contribution is 0.0908. The molecule has 1 heterocycles. The van der Waals surface area contributed by atoms with Crippen molar-refractivity contribution in [2.24, 2.45) is 0 Å². The Bertz CT molecular complexity index is 1110. The Labute approximate surface area is 191 Å². The van der Waals surface area contributed by atoms with Gasteiger partial charge in [0.1, 0.15) is 0 Å². The predicted molar refractivity (Wildman–Crippen MR) is 123 cm³/mol. The second-order valence-corrected chi connectivity index (χ2v) is 8.17. The van der Waals surface area contributed by atoms with Crippen LogP contribution >= 0.6 is 0 Å².